The highest BCUT2D eigenvalue weighted by Gasteiger charge is 2.49. The molecule has 1 fully saturated rings. The van der Waals surface area contributed by atoms with Gasteiger partial charge in [0.2, 0.25) is 0 Å². The van der Waals surface area contributed by atoms with E-state index >= 15 is 0 Å². The molecule has 0 bridgehead atoms. The molecule has 3 nitrogen and oxygen atoms in total. The minimum atomic E-state index is -0.132. The Kier molecular flexibility index (Phi) is 3.80. The molecule has 2 atom stereocenters. The normalized spacial score (nSPS) is 30.0. The summed E-state index contributed by atoms with van der Waals surface area (Å²) in [5.74, 6) is 0. The van der Waals surface area contributed by atoms with Gasteiger partial charge in [0.05, 0.1) is 11.7 Å². The van der Waals surface area contributed by atoms with Gasteiger partial charge in [0.25, 0.3) is 0 Å². The number of hydrogen-bond acceptors (Lipinski definition) is 3. The van der Waals surface area contributed by atoms with Gasteiger partial charge in [-0.25, -0.2) is 0 Å². The molecule has 0 heterocycles. The molecule has 3 heteroatoms. The molecular formula is C12H25NO2. The summed E-state index contributed by atoms with van der Waals surface area (Å²) in [6.45, 7) is 13.4. The number of ether oxygens (including phenoxy) is 1. The molecule has 90 valence electrons. The van der Waals surface area contributed by atoms with E-state index in [1.54, 1.807) is 0 Å². The van der Waals surface area contributed by atoms with Gasteiger partial charge in [-0.3, -0.25) is 4.84 Å². The first-order valence-electron chi connectivity index (χ1n) is 5.82. The fourth-order valence-corrected chi connectivity index (χ4v) is 1.82. The van der Waals surface area contributed by atoms with Crippen molar-refractivity contribution >= 4 is 0 Å². The average Bonchev–Trinajstić information content (AvgIpc) is 2.08. The van der Waals surface area contributed by atoms with Crippen molar-refractivity contribution < 1.29 is 9.57 Å². The highest BCUT2D eigenvalue weighted by Crippen LogP contribution is 2.42. The van der Waals surface area contributed by atoms with E-state index in [0.29, 0.717) is 12.1 Å². The van der Waals surface area contributed by atoms with Crippen molar-refractivity contribution in [2.24, 2.45) is 5.41 Å². The van der Waals surface area contributed by atoms with Gasteiger partial charge >= 0.3 is 0 Å². The lowest BCUT2D eigenvalue weighted by Gasteiger charge is -2.51. The minimum absolute atomic E-state index is 0.132. The number of nitrogens with one attached hydrogen (secondary N) is 1. The Labute approximate surface area is 93.5 Å². The van der Waals surface area contributed by atoms with Crippen molar-refractivity contribution in [2.75, 3.05) is 6.61 Å². The van der Waals surface area contributed by atoms with E-state index in [9.17, 15) is 0 Å². The Balaban J connectivity index is 2.35. The van der Waals surface area contributed by atoms with E-state index in [4.69, 9.17) is 9.57 Å². The van der Waals surface area contributed by atoms with Crippen molar-refractivity contribution in [3.8, 4) is 0 Å². The maximum absolute atomic E-state index is 5.66. The van der Waals surface area contributed by atoms with Gasteiger partial charge in [-0.05, 0) is 34.1 Å². The first kappa shape index (κ1) is 12.9. The Morgan fingerprint density at radius 1 is 1.33 bits per heavy atom. The summed E-state index contributed by atoms with van der Waals surface area (Å²) in [4.78, 5) is 5.59. The quantitative estimate of drug-likeness (QED) is 0.731. The first-order valence-corrected chi connectivity index (χ1v) is 5.82. The summed E-state index contributed by atoms with van der Waals surface area (Å²) in [5, 5.41) is 0. The second kappa shape index (κ2) is 4.40. The molecule has 1 saturated carbocycles. The molecule has 0 amide bonds. The summed E-state index contributed by atoms with van der Waals surface area (Å²) >= 11 is 0. The van der Waals surface area contributed by atoms with Crippen LogP contribution in [0, 0.1) is 5.41 Å². The average molecular weight is 215 g/mol. The van der Waals surface area contributed by atoms with Crippen LogP contribution in [0.2, 0.25) is 0 Å². The van der Waals surface area contributed by atoms with Crippen LogP contribution in [-0.4, -0.2) is 24.4 Å². The third-order valence-electron chi connectivity index (χ3n) is 3.05. The number of rotatable bonds is 4. The topological polar surface area (TPSA) is 30.5 Å². The van der Waals surface area contributed by atoms with Crippen LogP contribution in [0.4, 0.5) is 0 Å². The van der Waals surface area contributed by atoms with E-state index in [-0.39, 0.29) is 11.0 Å². The maximum Gasteiger partial charge on any atom is 0.0813 e. The molecule has 1 aliphatic carbocycles. The summed E-state index contributed by atoms with van der Waals surface area (Å²) in [7, 11) is 0. The Hall–Kier alpha value is -0.120. The van der Waals surface area contributed by atoms with Gasteiger partial charge in [0.1, 0.15) is 0 Å². The van der Waals surface area contributed by atoms with Crippen LogP contribution < -0.4 is 5.48 Å². The molecule has 0 radical (unpaired) electrons. The maximum atomic E-state index is 5.66. The molecular weight excluding hydrogens is 190 g/mol. The summed E-state index contributed by atoms with van der Waals surface area (Å²) in [6.07, 6.45) is 1.40. The SMILES string of the molecule is CCOC1CC(NOC(C)(C)C)C1(C)C. The highest BCUT2D eigenvalue weighted by atomic mass is 16.7. The molecule has 15 heavy (non-hydrogen) atoms. The molecule has 1 aliphatic rings. The molecule has 0 aromatic rings. The molecule has 2 unspecified atom stereocenters. The molecule has 0 aromatic heterocycles. The number of hydrogen-bond donors (Lipinski definition) is 1. The molecule has 0 spiro atoms. The molecule has 0 saturated heterocycles. The van der Waals surface area contributed by atoms with E-state index in [0.717, 1.165) is 13.0 Å². The zero-order valence-corrected chi connectivity index (χ0v) is 10.9. The van der Waals surface area contributed by atoms with Crippen LogP contribution in [0.25, 0.3) is 0 Å². The third-order valence-corrected chi connectivity index (χ3v) is 3.05. The molecule has 0 aromatic carbocycles. The van der Waals surface area contributed by atoms with Crippen molar-refractivity contribution in [1.82, 2.24) is 5.48 Å². The van der Waals surface area contributed by atoms with Gasteiger partial charge in [0, 0.05) is 18.1 Å². The van der Waals surface area contributed by atoms with Crippen LogP contribution in [-0.2, 0) is 9.57 Å². The van der Waals surface area contributed by atoms with E-state index in [2.05, 4.69) is 19.3 Å². The van der Waals surface area contributed by atoms with Crippen LogP contribution in [0.15, 0.2) is 0 Å². The predicted octanol–water partition coefficient (Wildman–Crippen LogP) is 2.51. The number of hydroxylamine groups is 1. The monoisotopic (exact) mass is 215 g/mol. The fraction of sp³-hybridized carbons (Fsp3) is 1.00. The Morgan fingerprint density at radius 2 is 1.93 bits per heavy atom. The fourth-order valence-electron chi connectivity index (χ4n) is 1.82. The first-order chi connectivity index (χ1) is 6.77. The Bertz CT molecular complexity index is 208. The van der Waals surface area contributed by atoms with Crippen molar-refractivity contribution in [1.29, 1.82) is 0 Å². The molecule has 1 rings (SSSR count). The molecule has 1 N–H and O–H groups in total. The lowest BCUT2D eigenvalue weighted by Crippen LogP contribution is -2.61. The van der Waals surface area contributed by atoms with Gasteiger partial charge in [-0.15, -0.1) is 0 Å². The zero-order valence-electron chi connectivity index (χ0n) is 10.9. The van der Waals surface area contributed by atoms with E-state index in [1.807, 2.05) is 27.7 Å². The van der Waals surface area contributed by atoms with Crippen LogP contribution in [0.5, 0.6) is 0 Å². The predicted molar refractivity (Wildman–Crippen MR) is 61.6 cm³/mol. The van der Waals surface area contributed by atoms with Crippen molar-refractivity contribution in [2.45, 2.75) is 65.7 Å². The second-order valence-electron chi connectivity index (χ2n) is 5.89. The zero-order chi connectivity index (χ0) is 11.7. The standard InChI is InChI=1S/C12H25NO2/c1-7-14-10-8-9(12(10,5)6)13-15-11(2,3)4/h9-10,13H,7-8H2,1-6H3. The van der Waals surface area contributed by atoms with Crippen LogP contribution >= 0.6 is 0 Å². The van der Waals surface area contributed by atoms with Gasteiger partial charge in [-0.2, -0.15) is 5.48 Å². The summed E-state index contributed by atoms with van der Waals surface area (Å²) in [6, 6.07) is 0.397. The third kappa shape index (κ3) is 3.16. The summed E-state index contributed by atoms with van der Waals surface area (Å²) in [5.41, 5.74) is 3.19. The highest BCUT2D eigenvalue weighted by molar-refractivity contribution is 5.01. The lowest BCUT2D eigenvalue weighted by atomic mass is 9.65. The van der Waals surface area contributed by atoms with E-state index < -0.39 is 0 Å². The summed E-state index contributed by atoms with van der Waals surface area (Å²) < 4.78 is 5.66. The van der Waals surface area contributed by atoms with Crippen LogP contribution in [0.1, 0.15) is 48.0 Å². The van der Waals surface area contributed by atoms with Gasteiger partial charge in [0.15, 0.2) is 0 Å². The molecule has 0 aliphatic heterocycles. The Morgan fingerprint density at radius 3 is 2.33 bits per heavy atom. The van der Waals surface area contributed by atoms with Gasteiger partial charge < -0.3 is 4.74 Å². The van der Waals surface area contributed by atoms with Crippen molar-refractivity contribution in [3.63, 3.8) is 0 Å². The largest absolute Gasteiger partial charge is 0.378 e. The second-order valence-corrected chi connectivity index (χ2v) is 5.89. The van der Waals surface area contributed by atoms with E-state index in [1.165, 1.54) is 0 Å². The smallest absolute Gasteiger partial charge is 0.0813 e. The lowest BCUT2D eigenvalue weighted by molar-refractivity contribution is -0.181. The van der Waals surface area contributed by atoms with Crippen LogP contribution in [0.3, 0.4) is 0 Å². The minimum Gasteiger partial charge on any atom is -0.378 e. The van der Waals surface area contributed by atoms with Crippen molar-refractivity contribution in [3.05, 3.63) is 0 Å². The van der Waals surface area contributed by atoms with Gasteiger partial charge in [-0.1, -0.05) is 13.8 Å².